The third-order valence-corrected chi connectivity index (χ3v) is 4.47. The Hall–Kier alpha value is -2.10. The number of carboxylic acids is 1. The minimum absolute atomic E-state index is 0.621. The van der Waals surface area contributed by atoms with Crippen LogP contribution in [0.2, 0.25) is 0 Å². The van der Waals surface area contributed by atoms with Crippen LogP contribution in [-0.2, 0) is 10.2 Å². The fourth-order valence-corrected chi connectivity index (χ4v) is 2.90. The standard InChI is InChI=1S/C16H16N2O2/c19-15(20)16(7-8-16)12-2-1-3-13(10-12)18-14(6-9-17-18)11-4-5-11/h1-3,6,9-11H,4-5,7-8H2,(H,19,20). The topological polar surface area (TPSA) is 55.1 Å². The van der Waals surface area contributed by atoms with Gasteiger partial charge < -0.3 is 5.11 Å². The molecule has 0 unspecified atom stereocenters. The summed E-state index contributed by atoms with van der Waals surface area (Å²) < 4.78 is 1.96. The molecule has 2 aromatic rings. The van der Waals surface area contributed by atoms with E-state index in [-0.39, 0.29) is 0 Å². The summed E-state index contributed by atoms with van der Waals surface area (Å²) in [4.78, 5) is 11.4. The van der Waals surface area contributed by atoms with Crippen LogP contribution in [0.3, 0.4) is 0 Å². The van der Waals surface area contributed by atoms with Crippen molar-refractivity contribution in [3.63, 3.8) is 0 Å². The first kappa shape index (κ1) is 11.7. The Morgan fingerprint density at radius 1 is 1.30 bits per heavy atom. The van der Waals surface area contributed by atoms with Crippen molar-refractivity contribution in [2.75, 3.05) is 0 Å². The zero-order chi connectivity index (χ0) is 13.7. The second-order valence-electron chi connectivity index (χ2n) is 5.88. The minimum Gasteiger partial charge on any atom is -0.481 e. The van der Waals surface area contributed by atoms with Crippen LogP contribution in [0.15, 0.2) is 36.5 Å². The van der Waals surface area contributed by atoms with Gasteiger partial charge in [-0.2, -0.15) is 5.10 Å². The maximum Gasteiger partial charge on any atom is 0.314 e. The molecule has 0 spiro atoms. The van der Waals surface area contributed by atoms with Crippen LogP contribution in [-0.4, -0.2) is 20.9 Å². The monoisotopic (exact) mass is 268 g/mol. The number of aromatic nitrogens is 2. The van der Waals surface area contributed by atoms with Crippen molar-refractivity contribution < 1.29 is 9.90 Å². The highest BCUT2D eigenvalue weighted by Crippen LogP contribution is 2.49. The van der Waals surface area contributed by atoms with E-state index in [0.717, 1.165) is 24.1 Å². The van der Waals surface area contributed by atoms with E-state index >= 15 is 0 Å². The highest BCUT2D eigenvalue weighted by molar-refractivity contribution is 5.85. The van der Waals surface area contributed by atoms with Crippen LogP contribution in [0.5, 0.6) is 0 Å². The molecule has 2 aliphatic carbocycles. The lowest BCUT2D eigenvalue weighted by Gasteiger charge is -2.13. The van der Waals surface area contributed by atoms with Gasteiger partial charge in [0.05, 0.1) is 11.1 Å². The largest absolute Gasteiger partial charge is 0.481 e. The van der Waals surface area contributed by atoms with Gasteiger partial charge in [0.25, 0.3) is 0 Å². The maximum atomic E-state index is 11.4. The fourth-order valence-electron chi connectivity index (χ4n) is 2.90. The van der Waals surface area contributed by atoms with Crippen molar-refractivity contribution in [1.82, 2.24) is 9.78 Å². The molecule has 20 heavy (non-hydrogen) atoms. The molecule has 102 valence electrons. The van der Waals surface area contributed by atoms with Gasteiger partial charge in [-0.3, -0.25) is 4.79 Å². The predicted molar refractivity (Wildman–Crippen MR) is 74.1 cm³/mol. The molecular weight excluding hydrogens is 252 g/mol. The van der Waals surface area contributed by atoms with E-state index in [0.29, 0.717) is 5.92 Å². The number of carbonyl (C=O) groups is 1. The average Bonchev–Trinajstić information content (AvgIpc) is 3.37. The fraction of sp³-hybridized carbons (Fsp3) is 0.375. The molecule has 0 aliphatic heterocycles. The summed E-state index contributed by atoms with van der Waals surface area (Å²) in [5.41, 5.74) is 2.46. The Morgan fingerprint density at radius 2 is 2.10 bits per heavy atom. The molecule has 2 saturated carbocycles. The van der Waals surface area contributed by atoms with Crippen LogP contribution in [0.1, 0.15) is 42.9 Å². The van der Waals surface area contributed by atoms with E-state index in [1.54, 1.807) is 0 Å². The van der Waals surface area contributed by atoms with E-state index in [1.807, 2.05) is 35.1 Å². The van der Waals surface area contributed by atoms with Gasteiger partial charge >= 0.3 is 5.97 Å². The number of rotatable bonds is 4. The lowest BCUT2D eigenvalue weighted by molar-refractivity contribution is -0.140. The van der Waals surface area contributed by atoms with Gasteiger partial charge in [-0.25, -0.2) is 4.68 Å². The SMILES string of the molecule is O=C(O)C1(c2cccc(-n3nccc3C3CC3)c2)CC1. The third-order valence-electron chi connectivity index (χ3n) is 4.47. The Morgan fingerprint density at radius 3 is 2.75 bits per heavy atom. The first-order chi connectivity index (χ1) is 9.71. The molecular formula is C16H16N2O2. The van der Waals surface area contributed by atoms with Gasteiger partial charge in [-0.1, -0.05) is 12.1 Å². The molecule has 1 heterocycles. The average molecular weight is 268 g/mol. The Bertz CT molecular complexity index is 681. The maximum absolute atomic E-state index is 11.4. The molecule has 0 atom stereocenters. The number of nitrogens with zero attached hydrogens (tertiary/aromatic N) is 2. The predicted octanol–water partition coefficient (Wildman–Crippen LogP) is 2.87. The summed E-state index contributed by atoms with van der Waals surface area (Å²) in [6, 6.07) is 9.91. The lowest BCUT2D eigenvalue weighted by atomic mass is 9.96. The van der Waals surface area contributed by atoms with Crippen molar-refractivity contribution in [3.05, 3.63) is 47.8 Å². The number of carboxylic acid groups (broad SMARTS) is 1. The van der Waals surface area contributed by atoms with Gasteiger partial charge in [0, 0.05) is 17.8 Å². The Kier molecular flexibility index (Phi) is 2.31. The molecule has 4 heteroatoms. The Labute approximate surface area is 117 Å². The van der Waals surface area contributed by atoms with Crippen molar-refractivity contribution in [2.24, 2.45) is 0 Å². The summed E-state index contributed by atoms with van der Waals surface area (Å²) in [6.45, 7) is 0. The molecule has 2 aliphatic rings. The van der Waals surface area contributed by atoms with Crippen LogP contribution >= 0.6 is 0 Å². The molecule has 1 N–H and O–H groups in total. The lowest BCUT2D eigenvalue weighted by Crippen LogP contribution is -2.19. The second-order valence-corrected chi connectivity index (χ2v) is 5.88. The second kappa shape index (κ2) is 3.95. The van der Waals surface area contributed by atoms with Gasteiger partial charge in [0.1, 0.15) is 0 Å². The highest BCUT2D eigenvalue weighted by atomic mass is 16.4. The van der Waals surface area contributed by atoms with E-state index in [2.05, 4.69) is 11.2 Å². The smallest absolute Gasteiger partial charge is 0.314 e. The molecule has 1 aromatic heterocycles. The summed E-state index contributed by atoms with van der Waals surface area (Å²) in [5, 5.41) is 13.8. The van der Waals surface area contributed by atoms with E-state index in [9.17, 15) is 9.90 Å². The van der Waals surface area contributed by atoms with Gasteiger partial charge in [0.2, 0.25) is 0 Å². The number of hydrogen-bond acceptors (Lipinski definition) is 2. The molecule has 0 radical (unpaired) electrons. The molecule has 0 bridgehead atoms. The zero-order valence-electron chi connectivity index (χ0n) is 11.1. The van der Waals surface area contributed by atoms with Crippen molar-refractivity contribution in [2.45, 2.75) is 37.0 Å². The molecule has 4 nitrogen and oxygen atoms in total. The molecule has 4 rings (SSSR count). The van der Waals surface area contributed by atoms with Gasteiger partial charge in [0.15, 0.2) is 0 Å². The van der Waals surface area contributed by atoms with Crippen LogP contribution < -0.4 is 0 Å². The van der Waals surface area contributed by atoms with Gasteiger partial charge in [-0.05, 0) is 49.4 Å². The normalized spacial score (nSPS) is 19.8. The number of hydrogen-bond donors (Lipinski definition) is 1. The summed E-state index contributed by atoms with van der Waals surface area (Å²) in [7, 11) is 0. The quantitative estimate of drug-likeness (QED) is 0.927. The number of benzene rings is 1. The summed E-state index contributed by atoms with van der Waals surface area (Å²) >= 11 is 0. The van der Waals surface area contributed by atoms with Crippen molar-refractivity contribution in [1.29, 1.82) is 0 Å². The zero-order valence-corrected chi connectivity index (χ0v) is 11.1. The minimum atomic E-state index is -0.711. The van der Waals surface area contributed by atoms with Crippen LogP contribution in [0, 0.1) is 0 Å². The van der Waals surface area contributed by atoms with Gasteiger partial charge in [-0.15, -0.1) is 0 Å². The summed E-state index contributed by atoms with van der Waals surface area (Å²) in [5.74, 6) is -0.0898. The third kappa shape index (κ3) is 1.68. The summed E-state index contributed by atoms with van der Waals surface area (Å²) in [6.07, 6.45) is 5.75. The molecule has 2 fully saturated rings. The number of aliphatic carboxylic acids is 1. The van der Waals surface area contributed by atoms with Crippen LogP contribution in [0.4, 0.5) is 0 Å². The van der Waals surface area contributed by atoms with E-state index in [1.165, 1.54) is 18.5 Å². The Balaban J connectivity index is 1.76. The van der Waals surface area contributed by atoms with Crippen molar-refractivity contribution in [3.8, 4) is 5.69 Å². The van der Waals surface area contributed by atoms with E-state index < -0.39 is 11.4 Å². The highest BCUT2D eigenvalue weighted by Gasteiger charge is 2.51. The van der Waals surface area contributed by atoms with Crippen LogP contribution in [0.25, 0.3) is 5.69 Å². The molecule has 0 saturated heterocycles. The van der Waals surface area contributed by atoms with Crippen molar-refractivity contribution >= 4 is 5.97 Å². The van der Waals surface area contributed by atoms with E-state index in [4.69, 9.17) is 0 Å². The molecule has 1 aromatic carbocycles. The first-order valence-electron chi connectivity index (χ1n) is 7.09. The molecule has 0 amide bonds. The first-order valence-corrected chi connectivity index (χ1v) is 7.09.